The standard InChI is InChI=1S/C16H24N2O2S/c1-11-3-4-12(15(9-11)21-2)10-17-16(20)18-13-5-7-14(19)8-6-13/h3-4,9,13-14,19H,5-8,10H2,1-2H3,(H2,17,18,20). The third kappa shape index (κ3) is 4.93. The van der Waals surface area contributed by atoms with Crippen LogP contribution in [0.15, 0.2) is 23.1 Å². The summed E-state index contributed by atoms with van der Waals surface area (Å²) in [6.45, 7) is 2.61. The third-order valence-corrected chi connectivity index (χ3v) is 4.73. The minimum absolute atomic E-state index is 0.121. The Hall–Kier alpha value is -1.20. The molecule has 1 aliphatic rings. The van der Waals surface area contributed by atoms with E-state index in [0.29, 0.717) is 6.54 Å². The van der Waals surface area contributed by atoms with Crippen LogP contribution < -0.4 is 10.6 Å². The van der Waals surface area contributed by atoms with Crippen molar-refractivity contribution in [3.05, 3.63) is 29.3 Å². The van der Waals surface area contributed by atoms with Crippen molar-refractivity contribution in [2.24, 2.45) is 0 Å². The molecule has 2 amide bonds. The number of nitrogens with one attached hydrogen (secondary N) is 2. The fourth-order valence-electron chi connectivity index (χ4n) is 2.63. The van der Waals surface area contributed by atoms with Gasteiger partial charge in [-0.2, -0.15) is 0 Å². The SMILES string of the molecule is CSc1cc(C)ccc1CNC(=O)NC1CCC(O)CC1. The minimum atomic E-state index is -0.192. The first-order valence-electron chi connectivity index (χ1n) is 7.44. The van der Waals surface area contributed by atoms with E-state index in [0.717, 1.165) is 31.2 Å². The zero-order chi connectivity index (χ0) is 15.2. The number of carbonyl (C=O) groups excluding carboxylic acids is 1. The van der Waals surface area contributed by atoms with Gasteiger partial charge < -0.3 is 15.7 Å². The number of aliphatic hydroxyl groups is 1. The summed E-state index contributed by atoms with van der Waals surface area (Å²) in [5, 5.41) is 15.4. The molecule has 3 N–H and O–H groups in total. The fraction of sp³-hybridized carbons (Fsp3) is 0.562. The molecule has 0 aromatic heterocycles. The predicted octanol–water partition coefficient (Wildman–Crippen LogP) is 2.82. The second-order valence-electron chi connectivity index (χ2n) is 5.65. The lowest BCUT2D eigenvalue weighted by Gasteiger charge is -2.26. The van der Waals surface area contributed by atoms with Crippen LogP contribution >= 0.6 is 11.8 Å². The highest BCUT2D eigenvalue weighted by molar-refractivity contribution is 7.98. The minimum Gasteiger partial charge on any atom is -0.393 e. The van der Waals surface area contributed by atoms with Gasteiger partial charge in [-0.3, -0.25) is 0 Å². The molecule has 1 fully saturated rings. The summed E-state index contributed by atoms with van der Waals surface area (Å²) in [5.74, 6) is 0. The van der Waals surface area contributed by atoms with Crippen LogP contribution in [0.1, 0.15) is 36.8 Å². The van der Waals surface area contributed by atoms with Gasteiger partial charge in [-0.15, -0.1) is 11.8 Å². The number of urea groups is 1. The van der Waals surface area contributed by atoms with Crippen molar-refractivity contribution < 1.29 is 9.90 Å². The van der Waals surface area contributed by atoms with Crippen molar-refractivity contribution >= 4 is 17.8 Å². The van der Waals surface area contributed by atoms with Crippen LogP contribution in [0.25, 0.3) is 0 Å². The monoisotopic (exact) mass is 308 g/mol. The van der Waals surface area contributed by atoms with Crippen molar-refractivity contribution in [3.63, 3.8) is 0 Å². The summed E-state index contributed by atoms with van der Waals surface area (Å²) in [4.78, 5) is 13.1. The molecule has 1 aliphatic carbocycles. The second-order valence-corrected chi connectivity index (χ2v) is 6.50. The first kappa shape index (κ1) is 16.2. The molecule has 0 heterocycles. The summed E-state index contributed by atoms with van der Waals surface area (Å²) >= 11 is 1.70. The Kier molecular flexibility index (Phi) is 5.94. The fourth-order valence-corrected chi connectivity index (χ4v) is 3.34. The topological polar surface area (TPSA) is 61.4 Å². The maximum Gasteiger partial charge on any atom is 0.315 e. The highest BCUT2D eigenvalue weighted by Gasteiger charge is 2.20. The lowest BCUT2D eigenvalue weighted by atomic mass is 9.93. The van der Waals surface area contributed by atoms with E-state index in [1.165, 1.54) is 10.5 Å². The maximum atomic E-state index is 11.9. The van der Waals surface area contributed by atoms with Gasteiger partial charge in [0.15, 0.2) is 0 Å². The smallest absolute Gasteiger partial charge is 0.315 e. The number of aryl methyl sites for hydroxylation is 1. The molecule has 0 unspecified atom stereocenters. The lowest BCUT2D eigenvalue weighted by Crippen LogP contribution is -2.43. The molecule has 116 valence electrons. The Balaban J connectivity index is 1.81. The van der Waals surface area contributed by atoms with Gasteiger partial charge in [0, 0.05) is 17.5 Å². The van der Waals surface area contributed by atoms with Gasteiger partial charge in [0.2, 0.25) is 0 Å². The summed E-state index contributed by atoms with van der Waals surface area (Å²) in [7, 11) is 0. The average Bonchev–Trinajstić information content (AvgIpc) is 2.48. The van der Waals surface area contributed by atoms with Gasteiger partial charge in [-0.1, -0.05) is 12.1 Å². The van der Waals surface area contributed by atoms with E-state index in [-0.39, 0.29) is 18.2 Å². The number of rotatable bonds is 4. The number of thioether (sulfide) groups is 1. The number of carbonyl (C=O) groups is 1. The van der Waals surface area contributed by atoms with Crippen molar-refractivity contribution in [2.45, 2.75) is 56.2 Å². The van der Waals surface area contributed by atoms with E-state index in [1.807, 2.05) is 6.26 Å². The highest BCUT2D eigenvalue weighted by Crippen LogP contribution is 2.22. The van der Waals surface area contributed by atoms with Crippen molar-refractivity contribution in [1.29, 1.82) is 0 Å². The Morgan fingerprint density at radius 2 is 2.05 bits per heavy atom. The molecular weight excluding hydrogens is 284 g/mol. The zero-order valence-corrected chi connectivity index (χ0v) is 13.5. The number of benzene rings is 1. The molecule has 0 atom stereocenters. The van der Waals surface area contributed by atoms with Crippen molar-refractivity contribution in [2.75, 3.05) is 6.26 Å². The molecule has 1 aromatic carbocycles. The molecule has 0 bridgehead atoms. The van der Waals surface area contributed by atoms with Crippen LogP contribution in [0.4, 0.5) is 4.79 Å². The van der Waals surface area contributed by atoms with E-state index >= 15 is 0 Å². The number of hydrogen-bond acceptors (Lipinski definition) is 3. The van der Waals surface area contributed by atoms with Crippen molar-refractivity contribution in [1.82, 2.24) is 10.6 Å². The Morgan fingerprint density at radius 3 is 2.71 bits per heavy atom. The van der Waals surface area contributed by atoms with E-state index in [9.17, 15) is 9.90 Å². The van der Waals surface area contributed by atoms with E-state index in [4.69, 9.17) is 0 Å². The molecule has 0 spiro atoms. The van der Waals surface area contributed by atoms with Gasteiger partial charge in [0.05, 0.1) is 6.10 Å². The summed E-state index contributed by atoms with van der Waals surface area (Å²) in [6, 6.07) is 6.34. The predicted molar refractivity (Wildman–Crippen MR) is 86.6 cm³/mol. The lowest BCUT2D eigenvalue weighted by molar-refractivity contribution is 0.117. The summed E-state index contributed by atoms with van der Waals surface area (Å²) < 4.78 is 0. The van der Waals surface area contributed by atoms with Crippen LogP contribution in [0.2, 0.25) is 0 Å². The molecule has 0 aliphatic heterocycles. The van der Waals surface area contributed by atoms with Gasteiger partial charge in [0.25, 0.3) is 0 Å². The summed E-state index contributed by atoms with van der Waals surface area (Å²) in [6.07, 6.45) is 5.12. The highest BCUT2D eigenvalue weighted by atomic mass is 32.2. The zero-order valence-electron chi connectivity index (χ0n) is 12.7. The molecule has 1 saturated carbocycles. The molecule has 21 heavy (non-hydrogen) atoms. The first-order chi connectivity index (χ1) is 10.1. The van der Waals surface area contributed by atoms with Crippen LogP contribution in [0.5, 0.6) is 0 Å². The molecule has 0 saturated heterocycles. The molecule has 2 rings (SSSR count). The Bertz CT molecular complexity index is 485. The maximum absolute atomic E-state index is 11.9. The average molecular weight is 308 g/mol. The number of aliphatic hydroxyl groups excluding tert-OH is 1. The van der Waals surface area contributed by atoms with E-state index in [2.05, 4.69) is 35.8 Å². The number of hydrogen-bond donors (Lipinski definition) is 3. The molecule has 4 nitrogen and oxygen atoms in total. The molecular formula is C16H24N2O2S. The largest absolute Gasteiger partial charge is 0.393 e. The van der Waals surface area contributed by atoms with Crippen LogP contribution in [-0.2, 0) is 6.54 Å². The molecule has 0 radical (unpaired) electrons. The van der Waals surface area contributed by atoms with E-state index < -0.39 is 0 Å². The Labute approximate surface area is 130 Å². The van der Waals surface area contributed by atoms with E-state index in [1.54, 1.807) is 11.8 Å². The first-order valence-corrected chi connectivity index (χ1v) is 8.67. The second kappa shape index (κ2) is 7.71. The Morgan fingerprint density at radius 1 is 1.33 bits per heavy atom. The van der Waals surface area contributed by atoms with Crippen molar-refractivity contribution in [3.8, 4) is 0 Å². The third-order valence-electron chi connectivity index (χ3n) is 3.91. The van der Waals surface area contributed by atoms with Gasteiger partial charge in [0.1, 0.15) is 0 Å². The van der Waals surface area contributed by atoms with Gasteiger partial charge in [-0.25, -0.2) is 4.79 Å². The molecule has 5 heteroatoms. The molecule has 1 aromatic rings. The van der Waals surface area contributed by atoms with Gasteiger partial charge >= 0.3 is 6.03 Å². The van der Waals surface area contributed by atoms with Crippen LogP contribution in [0.3, 0.4) is 0 Å². The van der Waals surface area contributed by atoms with Crippen LogP contribution in [-0.4, -0.2) is 29.5 Å². The normalized spacial score (nSPS) is 21.9. The van der Waals surface area contributed by atoms with Gasteiger partial charge in [-0.05, 0) is 56.1 Å². The van der Waals surface area contributed by atoms with Crippen LogP contribution in [0, 0.1) is 6.92 Å². The number of amides is 2. The summed E-state index contributed by atoms with van der Waals surface area (Å²) in [5.41, 5.74) is 2.37. The quantitative estimate of drug-likeness (QED) is 0.750.